The van der Waals surface area contributed by atoms with E-state index in [1.807, 2.05) is 0 Å². The first-order valence-electron chi connectivity index (χ1n) is 8.53. The lowest BCUT2D eigenvalue weighted by atomic mass is 10.2. The maximum atomic E-state index is 13.8. The number of benzene rings is 2. The van der Waals surface area contributed by atoms with Crippen molar-refractivity contribution < 1.29 is 13.7 Å². The minimum absolute atomic E-state index is 0.139. The Bertz CT molecular complexity index is 960. The van der Waals surface area contributed by atoms with Crippen molar-refractivity contribution in [2.75, 3.05) is 11.9 Å². The minimum Gasteiger partial charge on any atom is -0.337 e. The summed E-state index contributed by atoms with van der Waals surface area (Å²) in [6.45, 7) is 0.531. The van der Waals surface area contributed by atoms with Crippen LogP contribution in [0.15, 0.2) is 53.1 Å². The van der Waals surface area contributed by atoms with Crippen molar-refractivity contribution in [3.05, 3.63) is 65.3 Å². The van der Waals surface area contributed by atoms with Crippen LogP contribution < -0.4 is 5.32 Å². The van der Waals surface area contributed by atoms with Crippen LogP contribution in [-0.2, 0) is 0 Å². The number of anilines is 1. The summed E-state index contributed by atoms with van der Waals surface area (Å²) in [5.74, 6) is 0.313. The smallest absolute Gasteiger partial charge is 0.322 e. The molecular formula is C19H16ClFN4O2. The van der Waals surface area contributed by atoms with Gasteiger partial charge in [-0.3, -0.25) is 0 Å². The lowest BCUT2D eigenvalue weighted by molar-refractivity contribution is 0.193. The van der Waals surface area contributed by atoms with Crippen molar-refractivity contribution in [1.82, 2.24) is 15.0 Å². The van der Waals surface area contributed by atoms with Gasteiger partial charge in [-0.2, -0.15) is 4.98 Å². The number of para-hydroxylation sites is 1. The molecule has 3 aromatic rings. The number of likely N-dealkylation sites (tertiary alicyclic amines) is 1. The van der Waals surface area contributed by atoms with Gasteiger partial charge in [-0.05, 0) is 49.2 Å². The molecule has 2 amide bonds. The van der Waals surface area contributed by atoms with Gasteiger partial charge in [-0.1, -0.05) is 28.9 Å². The van der Waals surface area contributed by atoms with E-state index in [1.165, 1.54) is 12.1 Å². The number of carbonyl (C=O) groups excluding carboxylic acids is 1. The number of urea groups is 1. The molecule has 1 atom stereocenters. The first-order valence-corrected chi connectivity index (χ1v) is 8.91. The van der Waals surface area contributed by atoms with Gasteiger partial charge in [0.2, 0.25) is 11.7 Å². The van der Waals surface area contributed by atoms with Gasteiger partial charge in [0.1, 0.15) is 11.9 Å². The second-order valence-electron chi connectivity index (χ2n) is 6.22. The molecular weight excluding hydrogens is 371 g/mol. The molecule has 0 radical (unpaired) electrons. The van der Waals surface area contributed by atoms with Crippen LogP contribution in [0.4, 0.5) is 14.9 Å². The Kier molecular flexibility index (Phi) is 4.77. The lowest BCUT2D eigenvalue weighted by Crippen LogP contribution is -2.34. The summed E-state index contributed by atoms with van der Waals surface area (Å²) in [5, 5.41) is 7.23. The molecule has 4 rings (SSSR count). The van der Waals surface area contributed by atoms with Crippen LogP contribution in [0.1, 0.15) is 24.8 Å². The molecule has 2 aromatic carbocycles. The molecule has 0 unspecified atom stereocenters. The van der Waals surface area contributed by atoms with E-state index in [9.17, 15) is 9.18 Å². The number of hydrogen-bond acceptors (Lipinski definition) is 4. The average molecular weight is 387 g/mol. The van der Waals surface area contributed by atoms with Gasteiger partial charge in [0, 0.05) is 17.1 Å². The highest BCUT2D eigenvalue weighted by Gasteiger charge is 2.34. The first kappa shape index (κ1) is 17.5. The Morgan fingerprint density at radius 3 is 2.78 bits per heavy atom. The number of amides is 2. The number of hydrogen-bond donors (Lipinski definition) is 1. The largest absolute Gasteiger partial charge is 0.337 e. The fraction of sp³-hybridized carbons (Fsp3) is 0.211. The number of aromatic nitrogens is 2. The molecule has 1 aromatic heterocycles. The van der Waals surface area contributed by atoms with Gasteiger partial charge < -0.3 is 14.7 Å². The summed E-state index contributed by atoms with van der Waals surface area (Å²) in [6, 6.07) is 12.4. The zero-order valence-electron chi connectivity index (χ0n) is 14.2. The normalized spacial score (nSPS) is 16.5. The van der Waals surface area contributed by atoms with Crippen LogP contribution in [-0.4, -0.2) is 27.6 Å². The molecule has 1 N–H and O–H groups in total. The van der Waals surface area contributed by atoms with Crippen molar-refractivity contribution in [3.8, 4) is 11.4 Å². The Hall–Kier alpha value is -2.93. The molecule has 1 aliphatic rings. The van der Waals surface area contributed by atoms with Crippen molar-refractivity contribution in [3.63, 3.8) is 0 Å². The summed E-state index contributed by atoms with van der Waals surface area (Å²) in [6.07, 6.45) is 1.50. The topological polar surface area (TPSA) is 71.3 Å². The van der Waals surface area contributed by atoms with Crippen molar-refractivity contribution in [2.45, 2.75) is 18.9 Å². The molecule has 1 saturated heterocycles. The molecule has 0 bridgehead atoms. The van der Waals surface area contributed by atoms with Gasteiger partial charge in [-0.25, -0.2) is 9.18 Å². The maximum Gasteiger partial charge on any atom is 0.322 e. The van der Waals surface area contributed by atoms with Gasteiger partial charge in [0.25, 0.3) is 0 Å². The highest BCUT2D eigenvalue weighted by atomic mass is 35.5. The zero-order valence-corrected chi connectivity index (χ0v) is 15.0. The molecule has 2 heterocycles. The second kappa shape index (κ2) is 7.36. The van der Waals surface area contributed by atoms with Crippen LogP contribution in [0.3, 0.4) is 0 Å². The monoisotopic (exact) mass is 386 g/mol. The fourth-order valence-corrected chi connectivity index (χ4v) is 3.23. The van der Waals surface area contributed by atoms with Crippen LogP contribution in [0.25, 0.3) is 11.4 Å². The van der Waals surface area contributed by atoms with Crippen molar-refractivity contribution in [1.29, 1.82) is 0 Å². The van der Waals surface area contributed by atoms with E-state index >= 15 is 0 Å². The molecule has 138 valence electrons. The van der Waals surface area contributed by atoms with E-state index < -0.39 is 11.8 Å². The third-order valence-corrected chi connectivity index (χ3v) is 4.71. The molecule has 8 heteroatoms. The molecule has 1 aliphatic heterocycles. The summed E-state index contributed by atoms with van der Waals surface area (Å²) in [5.41, 5.74) is 0.912. The fourth-order valence-electron chi connectivity index (χ4n) is 3.10. The Labute approximate surface area is 159 Å². The number of carbonyl (C=O) groups is 1. The van der Waals surface area contributed by atoms with Crippen LogP contribution in [0.2, 0.25) is 5.02 Å². The third-order valence-electron chi connectivity index (χ3n) is 4.46. The Morgan fingerprint density at radius 2 is 2.00 bits per heavy atom. The predicted octanol–water partition coefficient (Wildman–Crippen LogP) is 4.90. The lowest BCUT2D eigenvalue weighted by Gasteiger charge is -2.22. The van der Waals surface area contributed by atoms with Gasteiger partial charge in [0.05, 0.1) is 5.69 Å². The minimum atomic E-state index is -0.482. The Balaban J connectivity index is 1.52. The third kappa shape index (κ3) is 3.64. The quantitative estimate of drug-likeness (QED) is 0.695. The van der Waals surface area contributed by atoms with Crippen LogP contribution in [0, 0.1) is 5.82 Å². The van der Waals surface area contributed by atoms with E-state index in [4.69, 9.17) is 16.1 Å². The van der Waals surface area contributed by atoms with E-state index in [1.54, 1.807) is 41.3 Å². The number of rotatable bonds is 3. The van der Waals surface area contributed by atoms with Gasteiger partial charge in [0.15, 0.2) is 0 Å². The molecule has 27 heavy (non-hydrogen) atoms. The number of nitrogens with zero attached hydrogens (tertiary/aromatic N) is 3. The SMILES string of the molecule is O=C(Nc1ccccc1F)N1CCC[C@H]1c1nc(-c2ccc(Cl)cc2)no1. The zero-order chi connectivity index (χ0) is 18.8. The maximum absolute atomic E-state index is 13.8. The standard InChI is InChI=1S/C19H16ClFN4O2/c20-13-9-7-12(8-10-13)17-23-18(27-24-17)16-6-3-11-25(16)19(26)22-15-5-2-1-4-14(15)21/h1-2,4-5,7-10,16H,3,6,11H2,(H,22,26)/t16-/m0/s1. The van der Waals surface area contributed by atoms with E-state index in [2.05, 4.69) is 15.5 Å². The molecule has 0 aliphatic carbocycles. The summed E-state index contributed by atoms with van der Waals surface area (Å²) >= 11 is 5.90. The first-order chi connectivity index (χ1) is 13.1. The van der Waals surface area contributed by atoms with E-state index in [0.29, 0.717) is 29.7 Å². The molecule has 0 spiro atoms. The van der Waals surface area contributed by atoms with Crippen LogP contribution >= 0.6 is 11.6 Å². The van der Waals surface area contributed by atoms with E-state index in [0.717, 1.165) is 12.0 Å². The average Bonchev–Trinajstić information content (AvgIpc) is 3.33. The molecule has 0 saturated carbocycles. The van der Waals surface area contributed by atoms with Gasteiger partial charge >= 0.3 is 6.03 Å². The molecule has 1 fully saturated rings. The molecule has 6 nitrogen and oxygen atoms in total. The number of nitrogens with one attached hydrogen (secondary N) is 1. The van der Waals surface area contributed by atoms with Crippen LogP contribution in [0.5, 0.6) is 0 Å². The highest BCUT2D eigenvalue weighted by Crippen LogP contribution is 2.32. The second-order valence-corrected chi connectivity index (χ2v) is 6.66. The number of halogens is 2. The van der Waals surface area contributed by atoms with Gasteiger partial charge in [-0.15, -0.1) is 0 Å². The summed E-state index contributed by atoms with van der Waals surface area (Å²) in [4.78, 5) is 18.6. The summed E-state index contributed by atoms with van der Waals surface area (Å²) in [7, 11) is 0. The Morgan fingerprint density at radius 1 is 1.22 bits per heavy atom. The van der Waals surface area contributed by atoms with Crippen molar-refractivity contribution in [2.24, 2.45) is 0 Å². The summed E-state index contributed by atoms with van der Waals surface area (Å²) < 4.78 is 19.2. The van der Waals surface area contributed by atoms with Crippen molar-refractivity contribution >= 4 is 23.3 Å². The van der Waals surface area contributed by atoms with E-state index in [-0.39, 0.29) is 11.7 Å². The highest BCUT2D eigenvalue weighted by molar-refractivity contribution is 6.30. The predicted molar refractivity (Wildman–Crippen MR) is 98.8 cm³/mol.